The van der Waals surface area contributed by atoms with Crippen molar-refractivity contribution in [2.45, 2.75) is 51.4 Å². The maximum absolute atomic E-state index is 13.4. The minimum Gasteiger partial charge on any atom is -0.435 e. The van der Waals surface area contributed by atoms with Gasteiger partial charge in [-0.25, -0.2) is 9.97 Å². The summed E-state index contributed by atoms with van der Waals surface area (Å²) in [7, 11) is 0. The fourth-order valence-electron chi connectivity index (χ4n) is 5.12. The van der Waals surface area contributed by atoms with Gasteiger partial charge in [0.1, 0.15) is 17.6 Å². The molecule has 222 valence electrons. The molecule has 0 spiro atoms. The molecular formula is C29H30ClF2N5O5. The molecule has 0 bridgehead atoms. The van der Waals surface area contributed by atoms with Crippen LogP contribution in [0.1, 0.15) is 53.2 Å². The number of benzene rings is 1. The molecule has 2 N–H and O–H groups in total. The molecule has 0 unspecified atom stereocenters. The first kappa shape index (κ1) is 29.7. The van der Waals surface area contributed by atoms with Gasteiger partial charge in [0.25, 0.3) is 5.91 Å². The van der Waals surface area contributed by atoms with E-state index in [9.17, 15) is 23.5 Å². The Labute approximate surface area is 246 Å². The van der Waals surface area contributed by atoms with Crippen molar-refractivity contribution in [2.75, 3.05) is 19.8 Å². The Morgan fingerprint density at radius 1 is 1.24 bits per heavy atom. The molecule has 2 aliphatic heterocycles. The molecule has 13 heteroatoms. The number of fused-ring (bicyclic) bond motifs is 1. The lowest BCUT2D eigenvalue weighted by molar-refractivity contribution is -0.126. The Bertz CT molecular complexity index is 1460. The number of ether oxygens (including phenoxy) is 2. The molecule has 0 saturated carbocycles. The van der Waals surface area contributed by atoms with Crippen molar-refractivity contribution in [2.24, 2.45) is 5.92 Å². The molecule has 2 aliphatic rings. The Balaban J connectivity index is 1.29. The number of aliphatic hydroxyl groups excluding tert-OH is 1. The van der Waals surface area contributed by atoms with Gasteiger partial charge in [-0.15, -0.1) is 0 Å². The average molecular weight is 602 g/mol. The number of carbonyl (C=O) groups is 2. The normalized spacial score (nSPS) is 16.8. The van der Waals surface area contributed by atoms with Gasteiger partial charge in [0, 0.05) is 37.6 Å². The summed E-state index contributed by atoms with van der Waals surface area (Å²) in [6.07, 6.45) is 5.73. The van der Waals surface area contributed by atoms with E-state index in [0.717, 1.165) is 26.1 Å². The van der Waals surface area contributed by atoms with Crippen molar-refractivity contribution in [1.29, 1.82) is 0 Å². The van der Waals surface area contributed by atoms with Gasteiger partial charge in [-0.05, 0) is 49.4 Å². The number of nitrogens with one attached hydrogen (secondary N) is 1. The molecule has 4 heterocycles. The SMILES string of the molecule is C[C@H](C(=O)N[C@H](CO)c1cccc(OC(F)F)c1)N1Cc2ncc(-c3nc(CC4CCOCC4)ncc3Cl)cc2C1=O. The summed E-state index contributed by atoms with van der Waals surface area (Å²) < 4.78 is 35.1. The van der Waals surface area contributed by atoms with Gasteiger partial charge in [0.15, 0.2) is 0 Å². The molecule has 0 aliphatic carbocycles. The fraction of sp³-hybridized carbons (Fsp3) is 0.414. The summed E-state index contributed by atoms with van der Waals surface area (Å²) in [6.45, 7) is -0.390. The molecule has 2 aromatic heterocycles. The monoisotopic (exact) mass is 601 g/mol. The van der Waals surface area contributed by atoms with E-state index < -0.39 is 31.2 Å². The summed E-state index contributed by atoms with van der Waals surface area (Å²) in [5, 5.41) is 12.9. The maximum atomic E-state index is 13.4. The topological polar surface area (TPSA) is 127 Å². The van der Waals surface area contributed by atoms with Gasteiger partial charge in [0.2, 0.25) is 5.91 Å². The second-order valence-electron chi connectivity index (χ2n) is 10.3. The van der Waals surface area contributed by atoms with E-state index in [2.05, 4.69) is 25.0 Å². The van der Waals surface area contributed by atoms with Crippen LogP contribution in [0.5, 0.6) is 5.75 Å². The second-order valence-corrected chi connectivity index (χ2v) is 10.7. The lowest BCUT2D eigenvalue weighted by atomic mass is 9.96. The lowest BCUT2D eigenvalue weighted by Gasteiger charge is -2.26. The molecule has 42 heavy (non-hydrogen) atoms. The lowest BCUT2D eigenvalue weighted by Crippen LogP contribution is -2.46. The zero-order valence-electron chi connectivity index (χ0n) is 22.8. The van der Waals surface area contributed by atoms with Gasteiger partial charge in [-0.3, -0.25) is 14.6 Å². The van der Waals surface area contributed by atoms with Crippen LogP contribution < -0.4 is 10.1 Å². The fourth-order valence-corrected chi connectivity index (χ4v) is 5.32. The third-order valence-electron chi connectivity index (χ3n) is 7.49. The molecule has 1 fully saturated rings. The van der Waals surface area contributed by atoms with Crippen molar-refractivity contribution >= 4 is 23.4 Å². The quantitative estimate of drug-likeness (QED) is 0.358. The van der Waals surface area contributed by atoms with Crippen LogP contribution >= 0.6 is 11.6 Å². The van der Waals surface area contributed by atoms with Gasteiger partial charge < -0.3 is 24.8 Å². The molecule has 2 amide bonds. The number of rotatable bonds is 10. The molecule has 3 aromatic rings. The number of nitrogens with zero attached hydrogens (tertiary/aromatic N) is 4. The molecular weight excluding hydrogens is 572 g/mol. The van der Waals surface area contributed by atoms with Crippen LogP contribution in [-0.4, -0.2) is 69.2 Å². The minimum atomic E-state index is -3.01. The Morgan fingerprint density at radius 2 is 2.02 bits per heavy atom. The number of alkyl halides is 2. The highest BCUT2D eigenvalue weighted by atomic mass is 35.5. The van der Waals surface area contributed by atoms with Crippen molar-refractivity contribution < 1.29 is 33.0 Å². The zero-order valence-corrected chi connectivity index (χ0v) is 23.6. The number of hydrogen-bond donors (Lipinski definition) is 2. The van der Waals surface area contributed by atoms with E-state index in [1.165, 1.54) is 23.1 Å². The highest BCUT2D eigenvalue weighted by Gasteiger charge is 2.36. The van der Waals surface area contributed by atoms with Gasteiger partial charge in [-0.2, -0.15) is 8.78 Å². The molecule has 5 rings (SSSR count). The van der Waals surface area contributed by atoms with Crippen LogP contribution in [0.4, 0.5) is 8.78 Å². The smallest absolute Gasteiger partial charge is 0.387 e. The summed E-state index contributed by atoms with van der Waals surface area (Å²) in [5.74, 6) is 0.0586. The van der Waals surface area contributed by atoms with Crippen molar-refractivity contribution in [3.05, 3.63) is 70.4 Å². The number of hydrogen-bond acceptors (Lipinski definition) is 8. The summed E-state index contributed by atoms with van der Waals surface area (Å²) in [5.41, 5.74) is 2.25. The minimum absolute atomic E-state index is 0.102. The molecule has 2 atom stereocenters. The van der Waals surface area contributed by atoms with Crippen LogP contribution in [-0.2, 0) is 22.5 Å². The zero-order chi connectivity index (χ0) is 29.8. The standard InChI is InChI=1S/C29H30ClF2N5O5/c1-16(27(39)35-24(15-38)18-3-2-4-20(10-18)42-29(31)32)37-14-23-21(28(37)40)11-19(12-33-23)26-22(30)13-34-25(36-26)9-17-5-7-41-8-6-17/h2-4,10-13,16-17,24,29,38H,5-9,14-15H2,1H3,(H,35,39)/t16-,24-/m1/s1. The highest BCUT2D eigenvalue weighted by Crippen LogP contribution is 2.31. The predicted octanol–water partition coefficient (Wildman–Crippen LogP) is 3.96. The van der Waals surface area contributed by atoms with E-state index in [4.69, 9.17) is 16.3 Å². The van der Waals surface area contributed by atoms with Crippen molar-refractivity contribution in [1.82, 2.24) is 25.2 Å². The van der Waals surface area contributed by atoms with Crippen LogP contribution in [0.15, 0.2) is 42.7 Å². The van der Waals surface area contributed by atoms with Crippen LogP contribution in [0.25, 0.3) is 11.3 Å². The maximum Gasteiger partial charge on any atom is 0.387 e. The Kier molecular flexibility index (Phi) is 9.24. The van der Waals surface area contributed by atoms with E-state index in [0.29, 0.717) is 51.3 Å². The number of halogens is 3. The van der Waals surface area contributed by atoms with E-state index in [1.54, 1.807) is 31.5 Å². The first-order chi connectivity index (χ1) is 20.2. The van der Waals surface area contributed by atoms with E-state index in [1.807, 2.05) is 0 Å². The Hall–Kier alpha value is -3.74. The number of pyridine rings is 1. The van der Waals surface area contributed by atoms with E-state index in [-0.39, 0.29) is 18.2 Å². The molecule has 0 radical (unpaired) electrons. The number of carbonyl (C=O) groups excluding carboxylic acids is 2. The van der Waals surface area contributed by atoms with E-state index >= 15 is 0 Å². The van der Waals surface area contributed by atoms with Crippen molar-refractivity contribution in [3.63, 3.8) is 0 Å². The molecule has 10 nitrogen and oxygen atoms in total. The largest absolute Gasteiger partial charge is 0.435 e. The second kappa shape index (κ2) is 13.1. The van der Waals surface area contributed by atoms with Gasteiger partial charge in [0.05, 0.1) is 41.2 Å². The molecule has 1 saturated heterocycles. The summed E-state index contributed by atoms with van der Waals surface area (Å²) in [4.78, 5) is 41.5. The van der Waals surface area contributed by atoms with Gasteiger partial charge >= 0.3 is 6.61 Å². The average Bonchev–Trinajstić information content (AvgIpc) is 3.32. The number of amides is 2. The predicted molar refractivity (Wildman–Crippen MR) is 148 cm³/mol. The van der Waals surface area contributed by atoms with Crippen LogP contribution in [0.3, 0.4) is 0 Å². The van der Waals surface area contributed by atoms with Crippen molar-refractivity contribution in [3.8, 4) is 17.0 Å². The summed E-state index contributed by atoms with van der Waals surface area (Å²) >= 11 is 6.44. The Morgan fingerprint density at radius 3 is 2.76 bits per heavy atom. The highest BCUT2D eigenvalue weighted by molar-refractivity contribution is 6.32. The first-order valence-corrected chi connectivity index (χ1v) is 14.0. The first-order valence-electron chi connectivity index (χ1n) is 13.6. The number of aromatic nitrogens is 3. The van der Waals surface area contributed by atoms with Crippen LogP contribution in [0, 0.1) is 5.92 Å². The molecule has 1 aromatic carbocycles. The third-order valence-corrected chi connectivity index (χ3v) is 7.77. The van der Waals surface area contributed by atoms with Gasteiger partial charge in [-0.1, -0.05) is 23.7 Å². The third kappa shape index (κ3) is 6.66. The summed E-state index contributed by atoms with van der Waals surface area (Å²) in [6, 6.07) is 5.56. The van der Waals surface area contributed by atoms with Crippen LogP contribution in [0.2, 0.25) is 5.02 Å². The number of aliphatic hydroxyl groups is 1.